The summed E-state index contributed by atoms with van der Waals surface area (Å²) < 4.78 is 0. The zero-order valence-corrected chi connectivity index (χ0v) is 8.28. The van der Waals surface area contributed by atoms with Crippen LogP contribution in [0.1, 0.15) is 6.92 Å². The maximum atomic E-state index is 11.2. The van der Waals surface area contributed by atoms with E-state index < -0.39 is 12.1 Å². The van der Waals surface area contributed by atoms with E-state index in [2.05, 4.69) is 20.9 Å². The molecule has 0 radical (unpaired) electrons. The molecule has 0 fully saturated rings. The Kier molecular flexibility index (Phi) is 4.08. The molecular formula is C9H12N4O2. The highest BCUT2D eigenvalue weighted by atomic mass is 16.2. The number of imide groups is 1. The number of pyridine rings is 1. The highest BCUT2D eigenvalue weighted by Crippen LogP contribution is 1.98. The fourth-order valence-corrected chi connectivity index (χ4v) is 0.892. The van der Waals surface area contributed by atoms with Gasteiger partial charge in [-0.15, -0.1) is 0 Å². The number of urea groups is 2. The van der Waals surface area contributed by atoms with E-state index in [-0.39, 0.29) is 0 Å². The number of hydrogen-bond donors (Lipinski definition) is 3. The summed E-state index contributed by atoms with van der Waals surface area (Å²) in [5.74, 6) is 0.388. The van der Waals surface area contributed by atoms with Crippen molar-refractivity contribution in [3.63, 3.8) is 0 Å². The molecule has 6 nitrogen and oxygen atoms in total. The topological polar surface area (TPSA) is 83.1 Å². The Balaban J connectivity index is 2.40. The summed E-state index contributed by atoms with van der Waals surface area (Å²) in [6.45, 7) is 2.22. The van der Waals surface area contributed by atoms with Gasteiger partial charge in [0.1, 0.15) is 5.82 Å². The predicted molar refractivity (Wildman–Crippen MR) is 55.5 cm³/mol. The van der Waals surface area contributed by atoms with E-state index in [9.17, 15) is 9.59 Å². The Labute approximate surface area is 87.1 Å². The van der Waals surface area contributed by atoms with Gasteiger partial charge in [0.15, 0.2) is 0 Å². The Morgan fingerprint density at radius 3 is 2.73 bits per heavy atom. The van der Waals surface area contributed by atoms with Crippen LogP contribution >= 0.6 is 0 Å². The van der Waals surface area contributed by atoms with Gasteiger partial charge in [0.25, 0.3) is 0 Å². The number of anilines is 1. The highest BCUT2D eigenvalue weighted by Gasteiger charge is 2.05. The molecule has 1 heterocycles. The predicted octanol–water partition coefficient (Wildman–Crippen LogP) is 0.933. The Bertz CT molecular complexity index is 339. The van der Waals surface area contributed by atoms with Crippen molar-refractivity contribution < 1.29 is 9.59 Å². The number of aromatic nitrogens is 1. The summed E-state index contributed by atoms with van der Waals surface area (Å²) in [4.78, 5) is 26.0. The first-order chi connectivity index (χ1) is 7.22. The average Bonchev–Trinajstić information content (AvgIpc) is 2.19. The van der Waals surface area contributed by atoms with Crippen LogP contribution in [0.25, 0.3) is 0 Å². The van der Waals surface area contributed by atoms with E-state index in [1.54, 1.807) is 31.3 Å². The number of rotatable bonds is 2. The lowest BCUT2D eigenvalue weighted by Gasteiger charge is -2.05. The lowest BCUT2D eigenvalue weighted by molar-refractivity contribution is 0.233. The Hall–Kier alpha value is -2.11. The third-order valence-corrected chi connectivity index (χ3v) is 1.47. The molecule has 3 N–H and O–H groups in total. The van der Waals surface area contributed by atoms with Gasteiger partial charge in [-0.25, -0.2) is 14.6 Å². The van der Waals surface area contributed by atoms with Crippen LogP contribution in [0.15, 0.2) is 24.4 Å². The number of carbonyl (C=O) groups excluding carboxylic acids is 2. The zero-order valence-electron chi connectivity index (χ0n) is 8.28. The molecule has 0 aliphatic carbocycles. The second-order valence-electron chi connectivity index (χ2n) is 2.65. The highest BCUT2D eigenvalue weighted by molar-refractivity contribution is 6.00. The molecule has 0 saturated carbocycles. The summed E-state index contributed by atoms with van der Waals surface area (Å²) in [6.07, 6.45) is 1.54. The maximum absolute atomic E-state index is 11.2. The number of carbonyl (C=O) groups is 2. The summed E-state index contributed by atoms with van der Waals surface area (Å²) in [5, 5.41) is 6.93. The fourth-order valence-electron chi connectivity index (χ4n) is 0.892. The monoisotopic (exact) mass is 208 g/mol. The second-order valence-corrected chi connectivity index (χ2v) is 2.65. The number of hydrogen-bond acceptors (Lipinski definition) is 3. The minimum absolute atomic E-state index is 0.388. The smallest absolute Gasteiger partial charge is 0.328 e. The van der Waals surface area contributed by atoms with Gasteiger partial charge < -0.3 is 5.32 Å². The van der Waals surface area contributed by atoms with Crippen LogP contribution < -0.4 is 16.0 Å². The van der Waals surface area contributed by atoms with Crippen LogP contribution in [0.4, 0.5) is 15.4 Å². The van der Waals surface area contributed by atoms with Gasteiger partial charge in [0, 0.05) is 12.7 Å². The molecule has 0 saturated heterocycles. The number of amides is 4. The van der Waals surface area contributed by atoms with E-state index in [4.69, 9.17) is 0 Å². The molecule has 0 atom stereocenters. The molecule has 0 aromatic carbocycles. The van der Waals surface area contributed by atoms with Gasteiger partial charge >= 0.3 is 12.1 Å². The van der Waals surface area contributed by atoms with Crippen molar-refractivity contribution in [1.29, 1.82) is 0 Å². The van der Waals surface area contributed by atoms with Crippen LogP contribution in [0.5, 0.6) is 0 Å². The van der Waals surface area contributed by atoms with Crippen molar-refractivity contribution in [3.8, 4) is 0 Å². The van der Waals surface area contributed by atoms with Crippen LogP contribution in [0.2, 0.25) is 0 Å². The number of nitrogens with one attached hydrogen (secondary N) is 3. The van der Waals surface area contributed by atoms with Gasteiger partial charge in [-0.3, -0.25) is 10.6 Å². The first-order valence-corrected chi connectivity index (χ1v) is 4.49. The van der Waals surface area contributed by atoms with E-state index in [1.165, 1.54) is 0 Å². The molecule has 0 aliphatic rings. The van der Waals surface area contributed by atoms with Gasteiger partial charge in [-0.1, -0.05) is 6.07 Å². The average molecular weight is 208 g/mol. The van der Waals surface area contributed by atoms with E-state index >= 15 is 0 Å². The molecule has 6 heteroatoms. The van der Waals surface area contributed by atoms with Gasteiger partial charge in [-0.05, 0) is 19.1 Å². The van der Waals surface area contributed by atoms with Crippen LogP contribution in [0, 0.1) is 0 Å². The van der Waals surface area contributed by atoms with Crippen molar-refractivity contribution >= 4 is 17.9 Å². The molecule has 80 valence electrons. The molecule has 4 amide bonds. The van der Waals surface area contributed by atoms with Crippen molar-refractivity contribution in [2.45, 2.75) is 6.92 Å². The SMILES string of the molecule is CCNC(=O)NC(=O)Nc1ccccn1. The molecule has 1 aromatic heterocycles. The summed E-state index contributed by atoms with van der Waals surface area (Å²) in [5.41, 5.74) is 0. The minimum Gasteiger partial charge on any atom is -0.338 e. The van der Waals surface area contributed by atoms with E-state index in [0.717, 1.165) is 0 Å². The lowest BCUT2D eigenvalue weighted by atomic mass is 10.5. The van der Waals surface area contributed by atoms with Gasteiger partial charge in [-0.2, -0.15) is 0 Å². The van der Waals surface area contributed by atoms with Crippen LogP contribution in [-0.2, 0) is 0 Å². The Morgan fingerprint density at radius 1 is 1.33 bits per heavy atom. The van der Waals surface area contributed by atoms with E-state index in [1.807, 2.05) is 0 Å². The fraction of sp³-hybridized carbons (Fsp3) is 0.222. The first-order valence-electron chi connectivity index (χ1n) is 4.49. The summed E-state index contributed by atoms with van der Waals surface area (Å²) >= 11 is 0. The molecule has 0 unspecified atom stereocenters. The third kappa shape index (κ3) is 4.08. The lowest BCUT2D eigenvalue weighted by Crippen LogP contribution is -2.41. The summed E-state index contributed by atoms with van der Waals surface area (Å²) in [7, 11) is 0. The zero-order chi connectivity index (χ0) is 11.1. The second kappa shape index (κ2) is 5.58. The van der Waals surface area contributed by atoms with Gasteiger partial charge in [0.05, 0.1) is 0 Å². The molecule has 1 rings (SSSR count). The molecule has 0 aliphatic heterocycles. The van der Waals surface area contributed by atoms with Crippen LogP contribution in [-0.4, -0.2) is 23.6 Å². The molecular weight excluding hydrogens is 196 g/mol. The van der Waals surface area contributed by atoms with Crippen molar-refractivity contribution in [1.82, 2.24) is 15.6 Å². The normalized spacial score (nSPS) is 9.13. The standard InChI is InChI=1S/C9H12N4O2/c1-2-10-8(14)13-9(15)12-7-5-3-4-6-11-7/h3-6H,2H2,1H3,(H3,10,11,12,13,14,15). The van der Waals surface area contributed by atoms with E-state index in [0.29, 0.717) is 12.4 Å². The third-order valence-electron chi connectivity index (χ3n) is 1.47. The summed E-state index contributed by atoms with van der Waals surface area (Å²) in [6, 6.07) is 3.93. The molecule has 1 aromatic rings. The van der Waals surface area contributed by atoms with Crippen molar-refractivity contribution in [3.05, 3.63) is 24.4 Å². The minimum atomic E-state index is -0.611. The maximum Gasteiger partial charge on any atom is 0.328 e. The molecule has 0 spiro atoms. The van der Waals surface area contributed by atoms with Crippen molar-refractivity contribution in [2.75, 3.05) is 11.9 Å². The molecule has 15 heavy (non-hydrogen) atoms. The van der Waals surface area contributed by atoms with Gasteiger partial charge in [0.2, 0.25) is 0 Å². The Morgan fingerprint density at radius 2 is 2.13 bits per heavy atom. The number of nitrogens with zero attached hydrogens (tertiary/aromatic N) is 1. The van der Waals surface area contributed by atoms with Crippen molar-refractivity contribution in [2.24, 2.45) is 0 Å². The first kappa shape index (κ1) is 11.0. The molecule has 0 bridgehead atoms. The largest absolute Gasteiger partial charge is 0.338 e. The van der Waals surface area contributed by atoms with Crippen LogP contribution in [0.3, 0.4) is 0 Å². The quantitative estimate of drug-likeness (QED) is 0.676.